The number of nitrogens with one attached hydrogen (secondary N) is 1. The fourth-order valence-corrected chi connectivity index (χ4v) is 3.44. The van der Waals surface area contributed by atoms with E-state index < -0.39 is 6.04 Å². The van der Waals surface area contributed by atoms with Gasteiger partial charge in [-0.15, -0.1) is 10.2 Å². The van der Waals surface area contributed by atoms with Gasteiger partial charge in [0.1, 0.15) is 11.6 Å². The van der Waals surface area contributed by atoms with Gasteiger partial charge in [-0.3, -0.25) is 14.9 Å². The monoisotopic (exact) mass is 350 g/mol. The molecule has 0 saturated heterocycles. The molecular weight excluding hydrogens is 336 g/mol. The predicted octanol–water partition coefficient (Wildman–Crippen LogP) is 2.87. The van der Waals surface area contributed by atoms with Crippen LogP contribution in [0.2, 0.25) is 0 Å². The van der Waals surface area contributed by atoms with Crippen molar-refractivity contribution in [3.63, 3.8) is 0 Å². The van der Waals surface area contributed by atoms with E-state index in [1.165, 1.54) is 11.3 Å². The van der Waals surface area contributed by atoms with Gasteiger partial charge in [-0.05, 0) is 17.2 Å². The Bertz CT molecular complexity index is 912. The Labute approximate surface area is 148 Å². The minimum Gasteiger partial charge on any atom is -0.318 e. The molecule has 0 aliphatic carbocycles. The van der Waals surface area contributed by atoms with E-state index in [0.717, 1.165) is 11.1 Å². The van der Waals surface area contributed by atoms with Crippen LogP contribution < -0.4 is 5.32 Å². The average molecular weight is 350 g/mol. The first-order chi connectivity index (χ1) is 12.2. The van der Waals surface area contributed by atoms with Gasteiger partial charge in [-0.1, -0.05) is 59.9 Å². The Balaban J connectivity index is 1.69. The molecule has 1 aliphatic heterocycles. The maximum atomic E-state index is 12.9. The van der Waals surface area contributed by atoms with Crippen molar-refractivity contribution in [3.05, 3.63) is 76.8 Å². The van der Waals surface area contributed by atoms with E-state index in [-0.39, 0.29) is 11.8 Å². The zero-order valence-electron chi connectivity index (χ0n) is 13.1. The minimum absolute atomic E-state index is 0.142. The Kier molecular flexibility index (Phi) is 3.99. The smallest absolute Gasteiger partial charge is 0.255 e. The van der Waals surface area contributed by atoms with Crippen molar-refractivity contribution in [1.82, 2.24) is 15.1 Å². The van der Waals surface area contributed by atoms with E-state index in [1.54, 1.807) is 16.5 Å². The maximum Gasteiger partial charge on any atom is 0.255 e. The SMILES string of the molecule is O=C(Nc1nncs1)[C@@H](c1ccccc1)N1Cc2ccccc2C1=O. The third-order valence-corrected chi connectivity index (χ3v) is 4.72. The van der Waals surface area contributed by atoms with E-state index in [4.69, 9.17) is 0 Å². The van der Waals surface area contributed by atoms with Gasteiger partial charge in [0.05, 0.1) is 0 Å². The van der Waals surface area contributed by atoms with Gasteiger partial charge in [-0.2, -0.15) is 0 Å². The number of nitrogens with zero attached hydrogens (tertiary/aromatic N) is 3. The van der Waals surface area contributed by atoms with Gasteiger partial charge >= 0.3 is 0 Å². The summed E-state index contributed by atoms with van der Waals surface area (Å²) in [5, 5.41) is 10.7. The lowest BCUT2D eigenvalue weighted by molar-refractivity contribution is -0.120. The molecule has 6 nitrogen and oxygen atoms in total. The standard InChI is InChI=1S/C18H14N4O2S/c23-16(20-18-21-19-11-25-18)15(12-6-2-1-3-7-12)22-10-13-8-4-5-9-14(13)17(22)24/h1-9,11,15H,10H2,(H,20,21,23)/t15-/m1/s1. The van der Waals surface area contributed by atoms with Crippen molar-refractivity contribution < 1.29 is 9.59 Å². The highest BCUT2D eigenvalue weighted by molar-refractivity contribution is 7.13. The Morgan fingerprint density at radius 2 is 1.88 bits per heavy atom. The average Bonchev–Trinajstić information content (AvgIpc) is 3.25. The first kappa shape index (κ1) is 15.5. The summed E-state index contributed by atoms with van der Waals surface area (Å²) in [7, 11) is 0. The molecule has 2 heterocycles. The van der Waals surface area contributed by atoms with Crippen LogP contribution in [0.4, 0.5) is 5.13 Å². The zero-order valence-corrected chi connectivity index (χ0v) is 13.9. The highest BCUT2D eigenvalue weighted by Crippen LogP contribution is 2.32. The zero-order chi connectivity index (χ0) is 17.2. The molecule has 1 aromatic heterocycles. The minimum atomic E-state index is -0.731. The van der Waals surface area contributed by atoms with Crippen LogP contribution in [0.25, 0.3) is 0 Å². The van der Waals surface area contributed by atoms with Crippen LogP contribution in [0.1, 0.15) is 27.5 Å². The normalized spacial score (nSPS) is 14.2. The number of amides is 2. The number of carbonyl (C=O) groups is 2. The number of anilines is 1. The largest absolute Gasteiger partial charge is 0.318 e. The fraction of sp³-hybridized carbons (Fsp3) is 0.111. The van der Waals surface area contributed by atoms with Crippen molar-refractivity contribution in [1.29, 1.82) is 0 Å². The summed E-state index contributed by atoms with van der Waals surface area (Å²) in [5.74, 6) is -0.444. The first-order valence-electron chi connectivity index (χ1n) is 7.75. The van der Waals surface area contributed by atoms with Gasteiger partial charge < -0.3 is 4.90 Å². The van der Waals surface area contributed by atoms with Crippen LogP contribution in [0.5, 0.6) is 0 Å². The second-order valence-corrected chi connectivity index (χ2v) is 6.47. The van der Waals surface area contributed by atoms with E-state index in [1.807, 2.05) is 48.5 Å². The summed E-state index contributed by atoms with van der Waals surface area (Å²) in [6.07, 6.45) is 0. The molecule has 0 unspecified atom stereocenters. The first-order valence-corrected chi connectivity index (χ1v) is 8.63. The van der Waals surface area contributed by atoms with Crippen LogP contribution in [-0.2, 0) is 11.3 Å². The lowest BCUT2D eigenvalue weighted by Gasteiger charge is -2.26. The highest BCUT2D eigenvalue weighted by Gasteiger charge is 2.37. The number of aromatic nitrogens is 2. The quantitative estimate of drug-likeness (QED) is 0.785. The topological polar surface area (TPSA) is 75.2 Å². The third-order valence-electron chi connectivity index (χ3n) is 4.11. The summed E-state index contributed by atoms with van der Waals surface area (Å²) in [5.41, 5.74) is 3.87. The molecule has 1 N–H and O–H groups in total. The molecular formula is C18H14N4O2S. The molecule has 2 amide bonds. The highest BCUT2D eigenvalue weighted by atomic mass is 32.1. The van der Waals surface area contributed by atoms with E-state index in [0.29, 0.717) is 17.2 Å². The van der Waals surface area contributed by atoms with Gasteiger partial charge in [0.15, 0.2) is 0 Å². The van der Waals surface area contributed by atoms with Gasteiger partial charge in [0.25, 0.3) is 11.8 Å². The molecule has 7 heteroatoms. The molecule has 0 spiro atoms. The second kappa shape index (κ2) is 6.45. The number of benzene rings is 2. The molecule has 2 aromatic carbocycles. The molecule has 124 valence electrons. The van der Waals surface area contributed by atoms with E-state index >= 15 is 0 Å². The molecule has 0 radical (unpaired) electrons. The molecule has 0 bridgehead atoms. The Hall–Kier alpha value is -3.06. The molecule has 4 rings (SSSR count). The van der Waals surface area contributed by atoms with Crippen molar-refractivity contribution in [2.75, 3.05) is 5.32 Å². The molecule has 1 atom stereocenters. The summed E-state index contributed by atoms with van der Waals surface area (Å²) >= 11 is 1.24. The molecule has 1 aliphatic rings. The molecule has 3 aromatic rings. The number of fused-ring (bicyclic) bond motifs is 1. The maximum absolute atomic E-state index is 12.9. The van der Waals surface area contributed by atoms with Crippen molar-refractivity contribution in [2.45, 2.75) is 12.6 Å². The van der Waals surface area contributed by atoms with Crippen LogP contribution in [0.15, 0.2) is 60.1 Å². The van der Waals surface area contributed by atoms with Gasteiger partial charge in [0.2, 0.25) is 5.13 Å². The fourth-order valence-electron chi connectivity index (χ4n) is 2.99. The Morgan fingerprint density at radius 3 is 2.60 bits per heavy atom. The molecule has 25 heavy (non-hydrogen) atoms. The van der Waals surface area contributed by atoms with Crippen LogP contribution in [0.3, 0.4) is 0 Å². The van der Waals surface area contributed by atoms with Crippen molar-refractivity contribution in [2.24, 2.45) is 0 Å². The number of rotatable bonds is 4. The van der Waals surface area contributed by atoms with Crippen LogP contribution >= 0.6 is 11.3 Å². The summed E-state index contributed by atoms with van der Waals surface area (Å²) in [4.78, 5) is 27.4. The summed E-state index contributed by atoms with van der Waals surface area (Å²) < 4.78 is 0. The lowest BCUT2D eigenvalue weighted by atomic mass is 10.0. The second-order valence-electron chi connectivity index (χ2n) is 5.64. The van der Waals surface area contributed by atoms with E-state index in [2.05, 4.69) is 15.5 Å². The Morgan fingerprint density at radius 1 is 1.12 bits per heavy atom. The molecule has 0 fully saturated rings. The van der Waals surface area contributed by atoms with Gasteiger partial charge in [-0.25, -0.2) is 0 Å². The lowest BCUT2D eigenvalue weighted by Crippen LogP contribution is -2.37. The van der Waals surface area contributed by atoms with Crippen LogP contribution in [-0.4, -0.2) is 26.9 Å². The molecule has 0 saturated carbocycles. The van der Waals surface area contributed by atoms with Crippen molar-refractivity contribution >= 4 is 28.3 Å². The van der Waals surface area contributed by atoms with Crippen molar-refractivity contribution in [3.8, 4) is 0 Å². The number of hydrogen-bond acceptors (Lipinski definition) is 5. The van der Waals surface area contributed by atoms with Gasteiger partial charge in [0, 0.05) is 12.1 Å². The number of hydrogen-bond donors (Lipinski definition) is 1. The van der Waals surface area contributed by atoms with E-state index in [9.17, 15) is 9.59 Å². The van der Waals surface area contributed by atoms with Crippen LogP contribution in [0, 0.1) is 0 Å². The number of carbonyl (C=O) groups excluding carboxylic acids is 2. The predicted molar refractivity (Wildman–Crippen MR) is 94.0 cm³/mol. The summed E-state index contributed by atoms with van der Waals surface area (Å²) in [6.45, 7) is 0.401. The third kappa shape index (κ3) is 2.89. The summed E-state index contributed by atoms with van der Waals surface area (Å²) in [6, 6.07) is 16.0.